The zero-order valence-electron chi connectivity index (χ0n) is 19.0. The second-order valence-corrected chi connectivity index (χ2v) is 11.9. The van der Waals surface area contributed by atoms with Crippen molar-refractivity contribution < 1.29 is 26.7 Å². The van der Waals surface area contributed by atoms with Crippen molar-refractivity contribution in [2.45, 2.75) is 51.0 Å². The third kappa shape index (κ3) is 3.74. The molecule has 0 amide bonds. The topological polar surface area (TPSA) is 100 Å². The van der Waals surface area contributed by atoms with E-state index < -0.39 is 22.0 Å². The monoisotopic (exact) mass is 492 g/mol. The van der Waals surface area contributed by atoms with Crippen molar-refractivity contribution in [1.29, 1.82) is 0 Å². The Kier molecular flexibility index (Phi) is 5.40. The van der Waals surface area contributed by atoms with Crippen LogP contribution in [0.4, 0.5) is 8.78 Å². The molecule has 1 fully saturated rings. The van der Waals surface area contributed by atoms with Crippen molar-refractivity contribution in [2.75, 3.05) is 19.6 Å². The van der Waals surface area contributed by atoms with E-state index in [1.165, 1.54) is 28.6 Å². The summed E-state index contributed by atoms with van der Waals surface area (Å²) in [5, 5.41) is 11.8. The molecule has 1 spiro atoms. The van der Waals surface area contributed by atoms with Crippen LogP contribution in [0.5, 0.6) is 5.75 Å². The van der Waals surface area contributed by atoms with Crippen LogP contribution in [0.3, 0.4) is 0 Å². The number of alkyl halides is 2. The zero-order chi connectivity index (χ0) is 24.3. The van der Waals surface area contributed by atoms with Crippen LogP contribution in [-0.4, -0.2) is 44.8 Å². The molecule has 4 aliphatic rings. The van der Waals surface area contributed by atoms with Gasteiger partial charge in [-0.3, -0.25) is 4.79 Å². The summed E-state index contributed by atoms with van der Waals surface area (Å²) in [7, 11) is -3.84. The van der Waals surface area contributed by atoms with Crippen molar-refractivity contribution in [3.8, 4) is 5.75 Å². The van der Waals surface area contributed by atoms with E-state index in [0.717, 1.165) is 23.3 Å². The summed E-state index contributed by atoms with van der Waals surface area (Å²) < 4.78 is 57.0. The molecule has 8 nitrogen and oxygen atoms in total. The van der Waals surface area contributed by atoms with E-state index in [1.54, 1.807) is 0 Å². The van der Waals surface area contributed by atoms with E-state index in [9.17, 15) is 22.0 Å². The molecular weight excluding hydrogens is 466 g/mol. The maximum absolute atomic E-state index is 13.3. The number of piperidine rings is 1. The highest BCUT2D eigenvalue weighted by atomic mass is 32.2. The largest absolute Gasteiger partial charge is 0.435 e. The molecule has 11 heteroatoms. The van der Waals surface area contributed by atoms with Gasteiger partial charge in [-0.1, -0.05) is 13.8 Å². The average molecular weight is 493 g/mol. The Hall–Kier alpha value is -2.66. The number of hydrogen-bond acceptors (Lipinski definition) is 7. The third-order valence-electron chi connectivity index (χ3n) is 7.15. The van der Waals surface area contributed by atoms with Gasteiger partial charge in [0.1, 0.15) is 5.75 Å². The molecule has 1 aliphatic carbocycles. The van der Waals surface area contributed by atoms with E-state index in [1.807, 2.05) is 0 Å². The molecular formula is C23H26F2N4O4S. The summed E-state index contributed by atoms with van der Waals surface area (Å²) in [5.41, 5.74) is 1.87. The smallest absolute Gasteiger partial charge is 0.387 e. The lowest BCUT2D eigenvalue weighted by atomic mass is 9.60. The number of nitrogens with zero attached hydrogens (tertiary/aromatic N) is 3. The summed E-state index contributed by atoms with van der Waals surface area (Å²) >= 11 is 0. The Balaban J connectivity index is 1.42. The lowest BCUT2D eigenvalue weighted by Crippen LogP contribution is -2.50. The van der Waals surface area contributed by atoms with Crippen molar-refractivity contribution >= 4 is 15.8 Å². The number of rotatable bonds is 4. The van der Waals surface area contributed by atoms with Crippen LogP contribution in [-0.2, 0) is 14.8 Å². The Morgan fingerprint density at radius 3 is 2.44 bits per heavy atom. The molecule has 0 radical (unpaired) electrons. The van der Waals surface area contributed by atoms with Crippen LogP contribution < -0.4 is 10.1 Å². The Morgan fingerprint density at radius 1 is 1.12 bits per heavy atom. The fraction of sp³-hybridized carbons (Fsp3) is 0.522. The number of allylic oxidation sites excluding steroid dienone is 2. The SMILES string of the molecule is CC1(C)CC(=O)C2=C(C1)NC1=C(CN=N1)C21CCN(S(=O)(=O)c2ccc(OC(F)F)cc2)CC1. The fourth-order valence-corrected chi connectivity index (χ4v) is 7.11. The Morgan fingerprint density at radius 2 is 1.79 bits per heavy atom. The molecule has 0 bridgehead atoms. The minimum Gasteiger partial charge on any atom is -0.435 e. The molecule has 0 unspecified atom stereocenters. The maximum Gasteiger partial charge on any atom is 0.387 e. The first-order valence-electron chi connectivity index (χ1n) is 11.2. The summed E-state index contributed by atoms with van der Waals surface area (Å²) in [6, 6.07) is 4.97. The molecule has 5 rings (SSSR count). The van der Waals surface area contributed by atoms with E-state index >= 15 is 0 Å². The van der Waals surface area contributed by atoms with E-state index in [-0.39, 0.29) is 34.9 Å². The first kappa shape index (κ1) is 23.1. The van der Waals surface area contributed by atoms with E-state index in [2.05, 4.69) is 34.1 Å². The molecule has 182 valence electrons. The number of Topliss-reactive ketones (excluding diaryl/α,β-unsaturated/α-hetero) is 1. The predicted molar refractivity (Wildman–Crippen MR) is 118 cm³/mol. The molecule has 1 aromatic carbocycles. The first-order valence-corrected chi connectivity index (χ1v) is 12.7. The van der Waals surface area contributed by atoms with Gasteiger partial charge in [0.25, 0.3) is 0 Å². The number of carbonyl (C=O) groups is 1. The summed E-state index contributed by atoms with van der Waals surface area (Å²) in [4.78, 5) is 13.3. The number of benzene rings is 1. The van der Waals surface area contributed by atoms with Gasteiger partial charge in [0.15, 0.2) is 11.6 Å². The molecule has 1 N–H and O–H groups in total. The van der Waals surface area contributed by atoms with Crippen LogP contribution in [0.15, 0.2) is 62.1 Å². The van der Waals surface area contributed by atoms with Crippen LogP contribution in [0.25, 0.3) is 0 Å². The number of dihydropyridines is 1. The highest BCUT2D eigenvalue weighted by molar-refractivity contribution is 7.89. The number of sulfonamides is 1. The van der Waals surface area contributed by atoms with Gasteiger partial charge in [0, 0.05) is 41.8 Å². The number of nitrogens with one attached hydrogen (secondary N) is 1. The number of ketones is 1. The number of azo groups is 1. The number of fused-ring (bicyclic) bond motifs is 2. The van der Waals surface area contributed by atoms with Crippen LogP contribution >= 0.6 is 0 Å². The molecule has 1 saturated heterocycles. The second kappa shape index (κ2) is 7.94. The van der Waals surface area contributed by atoms with Crippen molar-refractivity contribution in [2.24, 2.45) is 21.1 Å². The van der Waals surface area contributed by atoms with Crippen molar-refractivity contribution in [1.82, 2.24) is 9.62 Å². The van der Waals surface area contributed by atoms with Crippen LogP contribution in [0.1, 0.15) is 39.5 Å². The highest BCUT2D eigenvalue weighted by Crippen LogP contribution is 2.55. The molecule has 3 heterocycles. The fourth-order valence-electron chi connectivity index (χ4n) is 5.67. The predicted octanol–water partition coefficient (Wildman–Crippen LogP) is 3.98. The van der Waals surface area contributed by atoms with Gasteiger partial charge in [-0.15, -0.1) is 5.11 Å². The number of halogens is 2. The van der Waals surface area contributed by atoms with Gasteiger partial charge in [0.05, 0.1) is 11.4 Å². The van der Waals surface area contributed by atoms with Gasteiger partial charge >= 0.3 is 6.61 Å². The number of carbonyl (C=O) groups excluding carboxylic acids is 1. The summed E-state index contributed by atoms with van der Waals surface area (Å²) in [6.45, 7) is 2.00. The molecule has 34 heavy (non-hydrogen) atoms. The summed E-state index contributed by atoms with van der Waals surface area (Å²) in [6.07, 6.45) is 2.07. The van der Waals surface area contributed by atoms with Gasteiger partial charge < -0.3 is 10.1 Å². The molecule has 3 aliphatic heterocycles. The van der Waals surface area contributed by atoms with E-state index in [0.29, 0.717) is 31.6 Å². The van der Waals surface area contributed by atoms with Gasteiger partial charge in [0.2, 0.25) is 10.0 Å². The molecule has 0 saturated carbocycles. The number of ether oxygens (including phenoxy) is 1. The summed E-state index contributed by atoms with van der Waals surface area (Å²) in [5.74, 6) is 0.686. The second-order valence-electron chi connectivity index (χ2n) is 9.98. The first-order chi connectivity index (χ1) is 16.0. The molecule has 0 atom stereocenters. The lowest BCUT2D eigenvalue weighted by molar-refractivity contribution is -0.119. The normalized spacial score (nSPS) is 23.9. The maximum atomic E-state index is 13.3. The number of hydrogen-bond donors (Lipinski definition) is 1. The minimum atomic E-state index is -3.84. The van der Waals surface area contributed by atoms with Gasteiger partial charge in [-0.05, 0) is 48.9 Å². The van der Waals surface area contributed by atoms with Crippen molar-refractivity contribution in [3.05, 3.63) is 46.9 Å². The third-order valence-corrected chi connectivity index (χ3v) is 9.06. The average Bonchev–Trinajstić information content (AvgIpc) is 3.22. The Bertz CT molecular complexity index is 1230. The molecule has 0 aromatic heterocycles. The van der Waals surface area contributed by atoms with E-state index in [4.69, 9.17) is 0 Å². The Labute approximate surface area is 196 Å². The minimum absolute atomic E-state index is 0.0107. The van der Waals surface area contributed by atoms with Crippen LogP contribution in [0.2, 0.25) is 0 Å². The van der Waals surface area contributed by atoms with Gasteiger partial charge in [-0.25, -0.2) is 8.42 Å². The van der Waals surface area contributed by atoms with Gasteiger partial charge in [-0.2, -0.15) is 18.2 Å². The van der Waals surface area contributed by atoms with Crippen molar-refractivity contribution in [3.63, 3.8) is 0 Å². The zero-order valence-corrected chi connectivity index (χ0v) is 19.8. The highest BCUT2D eigenvalue weighted by Gasteiger charge is 2.53. The van der Waals surface area contributed by atoms with Crippen LogP contribution in [0, 0.1) is 10.8 Å². The quantitative estimate of drug-likeness (QED) is 0.685. The lowest BCUT2D eigenvalue weighted by Gasteiger charge is -2.48. The molecule has 1 aromatic rings. The standard InChI is InChI=1S/C23H26F2N4O4S/c1-22(2)11-17-19(18(30)12-22)23(16-13-26-28-20(16)27-17)7-9-29(10-8-23)34(31,32)15-5-3-14(4-6-15)33-21(24)25/h3-6,21,27H,7-13H2,1-2H3.